The van der Waals surface area contributed by atoms with E-state index >= 15 is 0 Å². The van der Waals surface area contributed by atoms with Crippen LogP contribution in [0.2, 0.25) is 0 Å². The molecule has 0 N–H and O–H groups in total. The Morgan fingerprint density at radius 1 is 0.875 bits per heavy atom. The van der Waals surface area contributed by atoms with Crippen LogP contribution < -0.4 is 68.3 Å². The number of rotatable bonds is 0. The molecule has 0 aromatic rings. The van der Waals surface area contributed by atoms with Crippen molar-refractivity contribution in [1.82, 2.24) is 0 Å². The summed E-state index contributed by atoms with van der Waals surface area (Å²) in [6, 6.07) is 0. The zero-order valence-corrected chi connectivity index (χ0v) is 8.87. The minimum absolute atomic E-state index is 0. The van der Waals surface area contributed by atoms with Gasteiger partial charge < -0.3 is 38.8 Å². The van der Waals surface area contributed by atoms with Crippen LogP contribution in [0.4, 0.5) is 0 Å². The van der Waals surface area contributed by atoms with Gasteiger partial charge in [0.25, 0.3) is 0 Å². The number of halogens is 3. The van der Waals surface area contributed by atoms with E-state index in [4.69, 9.17) is 14.0 Å². The minimum atomic E-state index is -2.85. The molecule has 51 valence electrons. The molecular formula is Cl3CuNaO3. The Morgan fingerprint density at radius 2 is 0.875 bits per heavy atom. The molecule has 0 aliphatic carbocycles. The maximum Gasteiger partial charge on any atom is 2.00 e. The molecule has 0 unspecified atom stereocenters. The summed E-state index contributed by atoms with van der Waals surface area (Å²) < 4.78 is 25.2. The Bertz CT molecular complexity index is 19.2. The molecule has 0 aromatic heterocycles. The monoisotopic (exact) mass is 239 g/mol. The average molecular weight is 241 g/mol. The topological polar surface area (TPSA) is 69.2 Å². The predicted molar refractivity (Wildman–Crippen MR) is 0 cm³/mol. The molecule has 0 fully saturated rings. The third kappa shape index (κ3) is 84.8. The van der Waals surface area contributed by atoms with Crippen LogP contribution in [0.5, 0.6) is 0 Å². The first kappa shape index (κ1) is 31.8. The van der Waals surface area contributed by atoms with Crippen molar-refractivity contribution in [2.75, 3.05) is 0 Å². The number of hydrogen-bond acceptors (Lipinski definition) is 3. The van der Waals surface area contributed by atoms with Crippen LogP contribution in [0, 0.1) is 10.8 Å². The van der Waals surface area contributed by atoms with E-state index in [1.165, 1.54) is 0 Å². The molecule has 3 nitrogen and oxygen atoms in total. The second kappa shape index (κ2) is 22.8. The van der Waals surface area contributed by atoms with Gasteiger partial charge in [0.15, 0.2) is 0 Å². The van der Waals surface area contributed by atoms with Crippen LogP contribution >= 0.6 is 0 Å². The van der Waals surface area contributed by atoms with Gasteiger partial charge >= 0.3 is 46.6 Å². The van der Waals surface area contributed by atoms with E-state index in [2.05, 4.69) is 0 Å². The summed E-state index contributed by atoms with van der Waals surface area (Å²) in [5.41, 5.74) is 0. The average Bonchev–Trinajstić information content (AvgIpc) is 0.811. The largest absolute Gasteiger partial charge is 2.00 e. The first-order chi connectivity index (χ1) is 1.73. The fraction of sp³-hybridized carbons (Fsp3) is 0. The molecule has 0 aliphatic heterocycles. The third-order valence-electron chi connectivity index (χ3n) is 0. The molecule has 0 saturated heterocycles. The van der Waals surface area contributed by atoms with Crippen LogP contribution in [0.25, 0.3) is 0 Å². The summed E-state index contributed by atoms with van der Waals surface area (Å²) in [4.78, 5) is 0. The van der Waals surface area contributed by atoms with Gasteiger partial charge in [-0.3, -0.25) is 0 Å². The Kier molecular flexibility index (Phi) is 90.7. The molecule has 8 heteroatoms. The van der Waals surface area contributed by atoms with E-state index in [0.29, 0.717) is 0 Å². The van der Waals surface area contributed by atoms with Gasteiger partial charge in [-0.25, -0.2) is 0 Å². The Morgan fingerprint density at radius 3 is 0.875 bits per heavy atom. The Hall–Kier alpha value is 2.27. The molecule has 0 amide bonds. The summed E-state index contributed by atoms with van der Waals surface area (Å²) in [6.45, 7) is 0. The van der Waals surface area contributed by atoms with Gasteiger partial charge in [0.2, 0.25) is 0 Å². The smallest absolute Gasteiger partial charge is 1.00 e. The van der Waals surface area contributed by atoms with E-state index in [1.54, 1.807) is 0 Å². The van der Waals surface area contributed by atoms with E-state index in [1.807, 2.05) is 0 Å². The van der Waals surface area contributed by atoms with Crippen molar-refractivity contribution in [3.8, 4) is 0 Å². The molecule has 0 saturated carbocycles. The predicted octanol–water partition coefficient (Wildman–Crippen LogP) is -12.6. The third-order valence-corrected chi connectivity index (χ3v) is 0. The van der Waals surface area contributed by atoms with Crippen LogP contribution in [0.3, 0.4) is 0 Å². The first-order valence-corrected chi connectivity index (χ1v) is 1.39. The molecule has 8 heavy (non-hydrogen) atoms. The van der Waals surface area contributed by atoms with E-state index in [-0.39, 0.29) is 71.4 Å². The summed E-state index contributed by atoms with van der Waals surface area (Å²) in [5, 5.41) is 0. The minimum Gasteiger partial charge on any atom is -1.00 e. The molecule has 0 aromatic carbocycles. The summed E-state index contributed by atoms with van der Waals surface area (Å²) in [6.07, 6.45) is 0. The van der Waals surface area contributed by atoms with Gasteiger partial charge in [-0.1, -0.05) is 0 Å². The summed E-state index contributed by atoms with van der Waals surface area (Å²) >= 11 is 0. The van der Waals surface area contributed by atoms with Gasteiger partial charge in [-0.2, -0.15) is 0 Å². The van der Waals surface area contributed by atoms with E-state index < -0.39 is 10.8 Å². The van der Waals surface area contributed by atoms with Gasteiger partial charge in [0.1, 0.15) is 0 Å². The second-order valence-electron chi connectivity index (χ2n) is 0.189. The molecule has 0 atom stereocenters. The molecule has 0 heterocycles. The van der Waals surface area contributed by atoms with Gasteiger partial charge in [0.05, 0.1) is 10.8 Å². The first-order valence-electron chi connectivity index (χ1n) is 0.463. The van der Waals surface area contributed by atoms with Gasteiger partial charge in [-0.05, 0) is 0 Å². The zero-order chi connectivity index (χ0) is 3.58. The normalized spacial score (nSPS) is 4.50. The van der Waals surface area contributed by atoms with Crippen molar-refractivity contribution in [3.05, 3.63) is 0 Å². The van der Waals surface area contributed by atoms with Crippen molar-refractivity contribution in [1.29, 1.82) is 0 Å². The molecule has 0 bridgehead atoms. The fourth-order valence-electron chi connectivity index (χ4n) is 0. The fourth-order valence-corrected chi connectivity index (χ4v) is 0. The van der Waals surface area contributed by atoms with E-state index in [0.717, 1.165) is 0 Å². The Labute approximate surface area is 95.2 Å². The van der Waals surface area contributed by atoms with Crippen LogP contribution in [-0.4, -0.2) is 0 Å². The van der Waals surface area contributed by atoms with Crippen molar-refractivity contribution in [2.24, 2.45) is 0 Å². The maximum atomic E-state index is 8.41. The SMILES string of the molecule is [Cl-].[Cl-].[Cu+2].[Na+].[O-][Cl+2]([O-])[O-]. The molecular weight excluding hydrogens is 241 g/mol. The van der Waals surface area contributed by atoms with Crippen molar-refractivity contribution in [2.45, 2.75) is 0 Å². The quantitative estimate of drug-likeness (QED) is 0.395. The van der Waals surface area contributed by atoms with Crippen LogP contribution in [0.1, 0.15) is 0 Å². The molecule has 1 radical (unpaired) electrons. The van der Waals surface area contributed by atoms with Crippen LogP contribution in [0.15, 0.2) is 0 Å². The van der Waals surface area contributed by atoms with Gasteiger partial charge in [-0.15, -0.1) is 0 Å². The summed E-state index contributed by atoms with van der Waals surface area (Å²) in [5.74, 6) is 0. The molecule has 0 aliphatic rings. The number of hydrogen-bond donors (Lipinski definition) is 0. The maximum absolute atomic E-state index is 8.41. The van der Waals surface area contributed by atoms with Gasteiger partial charge in [0, 0.05) is 0 Å². The molecule has 0 spiro atoms. The second-order valence-corrected chi connectivity index (χ2v) is 0.567. The van der Waals surface area contributed by atoms with Crippen molar-refractivity contribution < 1.29 is 96.2 Å². The van der Waals surface area contributed by atoms with Crippen molar-refractivity contribution >= 4 is 0 Å². The van der Waals surface area contributed by atoms with Crippen molar-refractivity contribution in [3.63, 3.8) is 0 Å². The zero-order valence-electron chi connectivity index (χ0n) is 3.66. The standard InChI is InChI=1S/ClO3.2ClH.Cu.Na/c2-1(3)4;;;;/h;2*1H;;/q-1;;;+2;+1/p-2. The molecule has 0 rings (SSSR count). The van der Waals surface area contributed by atoms with E-state index in [9.17, 15) is 0 Å². The van der Waals surface area contributed by atoms with Crippen LogP contribution in [-0.2, 0) is 17.1 Å². The Balaban J connectivity index is -0.00000000750. The summed E-state index contributed by atoms with van der Waals surface area (Å²) in [7, 11) is -2.85.